The number of halogens is 7. The highest BCUT2D eigenvalue weighted by Crippen LogP contribution is 2.80. The second-order valence-electron chi connectivity index (χ2n) is 9.75. The highest BCUT2D eigenvalue weighted by Gasteiger charge is 2.82. The van der Waals surface area contributed by atoms with E-state index in [2.05, 4.69) is 20.5 Å². The van der Waals surface area contributed by atoms with Crippen molar-refractivity contribution in [1.29, 1.82) is 0 Å². The second-order valence-corrected chi connectivity index (χ2v) is 9.75. The van der Waals surface area contributed by atoms with Crippen LogP contribution in [0.5, 0.6) is 5.88 Å². The van der Waals surface area contributed by atoms with Gasteiger partial charge in [0.1, 0.15) is 18.0 Å². The average Bonchev–Trinajstić information content (AvgIpc) is 3.23. The topological polar surface area (TPSA) is 86.0 Å². The molecule has 3 saturated carbocycles. The quantitative estimate of drug-likeness (QED) is 0.414. The number of tetrazole rings is 1. The molecule has 37 heavy (non-hydrogen) atoms. The molecule has 2 bridgehead atoms. The van der Waals surface area contributed by atoms with Crippen LogP contribution in [-0.2, 0) is 17.6 Å². The molecule has 3 aliphatic carbocycles. The highest BCUT2D eigenvalue weighted by molar-refractivity contribution is 5.43. The van der Waals surface area contributed by atoms with Gasteiger partial charge in [-0.05, 0) is 58.9 Å². The molecule has 3 aliphatic rings. The largest absolute Gasteiger partial charge is 0.477 e. The Labute approximate surface area is 205 Å². The third-order valence-corrected chi connectivity index (χ3v) is 7.36. The standard InChI is InChI=1S/C23H20F7N5O2/c24-15-1-2-16(17(25)8-15)21(36,12-35-13-32-33-34-35)23(29,30)20-9-19(10-20,11-20)14-3-5-31-18(7-14)37-6-4-22(26,27)28/h1-3,5,7-8,13,36H,4,6,9-12H2/t19?,20?,21-/m1/s1. The number of nitrogens with zero attached hydrogens (tertiary/aromatic N) is 5. The summed E-state index contributed by atoms with van der Waals surface area (Å²) in [6.07, 6.45) is -3.50. The van der Waals surface area contributed by atoms with Gasteiger partial charge in [-0.2, -0.15) is 13.2 Å². The SMILES string of the molecule is O[C@](Cn1cnnn1)(c1ccc(F)cc1F)C(F)(F)C12CC(c3ccnc(OCCC(F)(F)F)c3)(C1)C2. The Morgan fingerprint density at radius 2 is 1.76 bits per heavy atom. The monoisotopic (exact) mass is 531 g/mol. The van der Waals surface area contributed by atoms with Gasteiger partial charge in [0.2, 0.25) is 5.88 Å². The first-order valence-electron chi connectivity index (χ1n) is 11.2. The van der Waals surface area contributed by atoms with Gasteiger partial charge >= 0.3 is 6.18 Å². The number of ether oxygens (including phenoxy) is 1. The lowest BCUT2D eigenvalue weighted by molar-refractivity contribution is -0.347. The van der Waals surface area contributed by atoms with E-state index in [1.807, 2.05) is 0 Å². The highest BCUT2D eigenvalue weighted by atomic mass is 19.4. The minimum atomic E-state index is -4.40. The number of pyridine rings is 1. The Kier molecular flexibility index (Phi) is 5.73. The Morgan fingerprint density at radius 3 is 2.38 bits per heavy atom. The summed E-state index contributed by atoms with van der Waals surface area (Å²) in [5.41, 5.74) is -5.77. The molecule has 6 rings (SSSR count). The average molecular weight is 531 g/mol. The van der Waals surface area contributed by atoms with Crippen molar-refractivity contribution in [2.24, 2.45) is 5.41 Å². The van der Waals surface area contributed by atoms with E-state index < -0.39 is 65.3 Å². The predicted molar refractivity (Wildman–Crippen MR) is 111 cm³/mol. The van der Waals surface area contributed by atoms with Gasteiger partial charge in [-0.1, -0.05) is 0 Å². The van der Waals surface area contributed by atoms with Crippen LogP contribution in [0.1, 0.15) is 36.8 Å². The molecule has 0 spiro atoms. The lowest BCUT2D eigenvalue weighted by Gasteiger charge is -2.74. The van der Waals surface area contributed by atoms with E-state index in [-0.39, 0.29) is 25.1 Å². The molecule has 1 atom stereocenters. The predicted octanol–water partition coefficient (Wildman–Crippen LogP) is 4.32. The van der Waals surface area contributed by atoms with Gasteiger partial charge in [-0.3, -0.25) is 0 Å². The van der Waals surface area contributed by atoms with Crippen LogP contribution in [0.15, 0.2) is 42.9 Å². The van der Waals surface area contributed by atoms with Gasteiger partial charge in [0.15, 0.2) is 5.60 Å². The Morgan fingerprint density at radius 1 is 1.03 bits per heavy atom. The molecule has 198 valence electrons. The molecule has 7 nitrogen and oxygen atoms in total. The maximum atomic E-state index is 16.2. The van der Waals surface area contributed by atoms with Crippen molar-refractivity contribution in [3.05, 3.63) is 65.6 Å². The third kappa shape index (κ3) is 4.10. The van der Waals surface area contributed by atoms with Crippen molar-refractivity contribution in [3.8, 4) is 5.88 Å². The fourth-order valence-corrected chi connectivity index (χ4v) is 5.62. The van der Waals surface area contributed by atoms with Crippen molar-refractivity contribution in [2.75, 3.05) is 6.61 Å². The summed E-state index contributed by atoms with van der Waals surface area (Å²) in [6, 6.07) is 4.96. The van der Waals surface area contributed by atoms with Crippen LogP contribution < -0.4 is 4.74 Å². The van der Waals surface area contributed by atoms with E-state index >= 15 is 8.78 Å². The molecule has 1 aromatic carbocycles. The van der Waals surface area contributed by atoms with Crippen molar-refractivity contribution in [3.63, 3.8) is 0 Å². The lowest BCUT2D eigenvalue weighted by atomic mass is 9.30. The zero-order valence-corrected chi connectivity index (χ0v) is 19.0. The maximum absolute atomic E-state index is 16.2. The summed E-state index contributed by atoms with van der Waals surface area (Å²) in [5, 5.41) is 21.6. The van der Waals surface area contributed by atoms with E-state index in [4.69, 9.17) is 4.74 Å². The molecule has 3 aromatic rings. The first-order chi connectivity index (χ1) is 17.3. The summed E-state index contributed by atoms with van der Waals surface area (Å²) in [5.74, 6) is -6.29. The molecule has 0 aliphatic heterocycles. The number of benzene rings is 1. The van der Waals surface area contributed by atoms with E-state index in [9.17, 15) is 27.1 Å². The Balaban J connectivity index is 1.39. The fourth-order valence-electron chi connectivity index (χ4n) is 5.62. The van der Waals surface area contributed by atoms with E-state index in [0.717, 1.165) is 23.1 Å². The molecule has 0 unspecified atom stereocenters. The number of aromatic nitrogens is 5. The summed E-state index contributed by atoms with van der Waals surface area (Å²) >= 11 is 0. The lowest BCUT2D eigenvalue weighted by Crippen LogP contribution is -2.76. The normalized spacial score (nSPS) is 24.6. The number of rotatable bonds is 9. The van der Waals surface area contributed by atoms with E-state index in [0.29, 0.717) is 11.6 Å². The molecular formula is C23H20F7N5O2. The van der Waals surface area contributed by atoms with Crippen LogP contribution in [0.2, 0.25) is 0 Å². The maximum Gasteiger partial charge on any atom is 0.392 e. The van der Waals surface area contributed by atoms with Crippen molar-refractivity contribution in [2.45, 2.75) is 55.3 Å². The number of hydrogen-bond acceptors (Lipinski definition) is 6. The van der Waals surface area contributed by atoms with Crippen LogP contribution in [0.25, 0.3) is 0 Å². The number of aliphatic hydroxyl groups is 1. The zero-order chi connectivity index (χ0) is 26.7. The summed E-state index contributed by atoms with van der Waals surface area (Å²) in [7, 11) is 0. The number of alkyl halides is 5. The third-order valence-electron chi connectivity index (χ3n) is 7.36. The van der Waals surface area contributed by atoms with E-state index in [1.165, 1.54) is 12.3 Å². The molecule has 2 heterocycles. The van der Waals surface area contributed by atoms with Crippen molar-refractivity contribution < 1.29 is 40.6 Å². The summed E-state index contributed by atoms with van der Waals surface area (Å²) in [6.45, 7) is -1.53. The van der Waals surface area contributed by atoms with Gasteiger partial charge < -0.3 is 9.84 Å². The van der Waals surface area contributed by atoms with Gasteiger partial charge in [0.25, 0.3) is 5.92 Å². The first-order valence-corrected chi connectivity index (χ1v) is 11.2. The van der Waals surface area contributed by atoms with Crippen LogP contribution in [0.3, 0.4) is 0 Å². The molecule has 1 N–H and O–H groups in total. The fraction of sp³-hybridized carbons (Fsp3) is 0.478. The van der Waals surface area contributed by atoms with Crippen LogP contribution in [-0.4, -0.2) is 49.0 Å². The zero-order valence-electron chi connectivity index (χ0n) is 19.0. The van der Waals surface area contributed by atoms with Crippen LogP contribution >= 0.6 is 0 Å². The summed E-state index contributed by atoms with van der Waals surface area (Å²) < 4.78 is 104. The minimum absolute atomic E-state index is 0.0594. The molecule has 14 heteroatoms. The Hall–Kier alpha value is -3.29. The minimum Gasteiger partial charge on any atom is -0.477 e. The van der Waals surface area contributed by atoms with Gasteiger partial charge in [0, 0.05) is 29.3 Å². The molecule has 3 fully saturated rings. The molecule has 0 radical (unpaired) electrons. The van der Waals surface area contributed by atoms with Crippen LogP contribution in [0.4, 0.5) is 30.7 Å². The van der Waals surface area contributed by atoms with Gasteiger partial charge in [-0.15, -0.1) is 5.10 Å². The molecule has 2 aromatic heterocycles. The number of hydrogen-bond donors (Lipinski definition) is 1. The smallest absolute Gasteiger partial charge is 0.392 e. The van der Waals surface area contributed by atoms with Gasteiger partial charge in [-0.25, -0.2) is 27.2 Å². The van der Waals surface area contributed by atoms with E-state index in [1.54, 1.807) is 6.07 Å². The molecule has 0 saturated heterocycles. The van der Waals surface area contributed by atoms with Crippen molar-refractivity contribution >= 4 is 0 Å². The summed E-state index contributed by atoms with van der Waals surface area (Å²) in [4.78, 5) is 3.88. The van der Waals surface area contributed by atoms with Gasteiger partial charge in [0.05, 0.1) is 19.6 Å². The molecular weight excluding hydrogens is 511 g/mol. The van der Waals surface area contributed by atoms with Crippen molar-refractivity contribution in [1.82, 2.24) is 25.2 Å². The molecule has 0 amide bonds. The van der Waals surface area contributed by atoms with Crippen LogP contribution in [0, 0.1) is 17.0 Å². The Bertz CT molecular complexity index is 1280. The first kappa shape index (κ1) is 25.4. The second kappa shape index (κ2) is 8.36.